The maximum absolute atomic E-state index is 14.7. The number of hydrogen-bond acceptors (Lipinski definition) is 3. The Hall–Kier alpha value is -3.11. The second kappa shape index (κ2) is 10.5. The summed E-state index contributed by atoms with van der Waals surface area (Å²) in [4.78, 5) is 0. The van der Waals surface area contributed by atoms with Crippen molar-refractivity contribution in [3.05, 3.63) is 88.7 Å². The Morgan fingerprint density at radius 2 is 1.56 bits per heavy atom. The van der Waals surface area contributed by atoms with Gasteiger partial charge in [0, 0.05) is 23.1 Å². The zero-order chi connectivity index (χ0) is 26.0. The van der Waals surface area contributed by atoms with Crippen molar-refractivity contribution >= 4 is 0 Å². The van der Waals surface area contributed by atoms with Gasteiger partial charge in [-0.25, -0.2) is 22.0 Å². The lowest BCUT2D eigenvalue weighted by Crippen LogP contribution is -2.28. The molecule has 1 fully saturated rings. The van der Waals surface area contributed by atoms with Gasteiger partial charge >= 0.3 is 6.11 Å². The van der Waals surface area contributed by atoms with Crippen molar-refractivity contribution in [1.29, 1.82) is 0 Å². The molecular weight excluding hydrogens is 493 g/mol. The van der Waals surface area contributed by atoms with E-state index in [-0.39, 0.29) is 35.8 Å². The normalized spacial score (nSPS) is 18.3. The molecule has 1 heterocycles. The van der Waals surface area contributed by atoms with Crippen molar-refractivity contribution in [1.82, 2.24) is 0 Å². The molecular formula is C26H21F7O3. The lowest BCUT2D eigenvalue weighted by atomic mass is 10.0. The highest BCUT2D eigenvalue weighted by Crippen LogP contribution is 2.38. The number of benzene rings is 3. The summed E-state index contributed by atoms with van der Waals surface area (Å²) < 4.78 is 115. The summed E-state index contributed by atoms with van der Waals surface area (Å²) in [5.74, 6) is -7.47. The van der Waals surface area contributed by atoms with Crippen LogP contribution in [0.15, 0.2) is 48.5 Å². The van der Waals surface area contributed by atoms with Crippen molar-refractivity contribution in [2.75, 3.05) is 13.2 Å². The van der Waals surface area contributed by atoms with E-state index in [4.69, 9.17) is 9.47 Å². The van der Waals surface area contributed by atoms with Crippen LogP contribution in [-0.4, -0.2) is 13.2 Å². The van der Waals surface area contributed by atoms with Gasteiger partial charge in [-0.3, -0.25) is 0 Å². The molecule has 0 saturated carbocycles. The molecule has 3 nitrogen and oxygen atoms in total. The molecule has 10 heteroatoms. The van der Waals surface area contributed by atoms with E-state index in [9.17, 15) is 30.7 Å². The summed E-state index contributed by atoms with van der Waals surface area (Å²) in [7, 11) is 0. The molecule has 0 atom stereocenters. The fourth-order valence-corrected chi connectivity index (χ4v) is 3.93. The molecule has 192 valence electrons. The Morgan fingerprint density at radius 1 is 0.833 bits per heavy atom. The van der Waals surface area contributed by atoms with Crippen molar-refractivity contribution in [2.24, 2.45) is 5.92 Å². The number of hydrogen-bond donors (Lipinski definition) is 0. The molecule has 4 rings (SSSR count). The van der Waals surface area contributed by atoms with Gasteiger partial charge in [-0.2, -0.15) is 8.78 Å². The first-order chi connectivity index (χ1) is 17.1. The first-order valence-corrected chi connectivity index (χ1v) is 11.1. The summed E-state index contributed by atoms with van der Waals surface area (Å²) in [5, 5.41) is 0. The third kappa shape index (κ3) is 5.34. The van der Waals surface area contributed by atoms with Crippen LogP contribution in [0, 0.1) is 35.0 Å². The van der Waals surface area contributed by atoms with Crippen LogP contribution in [0.1, 0.15) is 37.2 Å². The summed E-state index contributed by atoms with van der Waals surface area (Å²) >= 11 is 0. The average Bonchev–Trinajstić information content (AvgIpc) is 2.83. The third-order valence-electron chi connectivity index (χ3n) is 5.76. The Kier molecular flexibility index (Phi) is 7.56. The molecule has 0 aromatic heterocycles. The third-order valence-corrected chi connectivity index (χ3v) is 5.76. The van der Waals surface area contributed by atoms with Crippen molar-refractivity contribution in [3.63, 3.8) is 0 Å². The predicted molar refractivity (Wildman–Crippen MR) is 116 cm³/mol. The van der Waals surface area contributed by atoms with Gasteiger partial charge < -0.3 is 14.2 Å². The molecule has 0 amide bonds. The Bertz CT molecular complexity index is 1240. The number of ether oxygens (including phenoxy) is 3. The van der Waals surface area contributed by atoms with E-state index in [2.05, 4.69) is 4.74 Å². The first-order valence-electron chi connectivity index (χ1n) is 11.1. The fraction of sp³-hybridized carbons (Fsp3) is 0.308. The first kappa shape index (κ1) is 26.0. The van der Waals surface area contributed by atoms with Gasteiger partial charge in [-0.15, -0.1) is 0 Å². The summed E-state index contributed by atoms with van der Waals surface area (Å²) in [6.07, 6.45) is -3.89. The predicted octanol–water partition coefficient (Wildman–Crippen LogP) is 7.64. The van der Waals surface area contributed by atoms with Gasteiger partial charge in [-0.05, 0) is 42.3 Å². The van der Waals surface area contributed by atoms with E-state index >= 15 is 0 Å². The quantitative estimate of drug-likeness (QED) is 0.303. The van der Waals surface area contributed by atoms with E-state index in [1.807, 2.05) is 6.92 Å². The van der Waals surface area contributed by atoms with Crippen molar-refractivity contribution in [2.45, 2.75) is 32.2 Å². The second-order valence-corrected chi connectivity index (χ2v) is 8.37. The number of alkyl halides is 2. The van der Waals surface area contributed by atoms with Gasteiger partial charge in [0.05, 0.1) is 13.2 Å². The van der Waals surface area contributed by atoms with Crippen LogP contribution < -0.4 is 4.74 Å². The molecule has 3 aromatic carbocycles. The minimum Gasteiger partial charge on any atom is -0.429 e. The van der Waals surface area contributed by atoms with Crippen LogP contribution in [0.3, 0.4) is 0 Å². The summed E-state index contributed by atoms with van der Waals surface area (Å²) in [5.41, 5.74) is -2.03. The van der Waals surface area contributed by atoms with Crippen LogP contribution in [0.2, 0.25) is 0 Å². The van der Waals surface area contributed by atoms with Gasteiger partial charge in [-0.1, -0.05) is 25.5 Å². The molecule has 0 aliphatic carbocycles. The van der Waals surface area contributed by atoms with Crippen molar-refractivity contribution < 1.29 is 44.9 Å². The van der Waals surface area contributed by atoms with Crippen molar-refractivity contribution in [3.8, 4) is 16.9 Å². The van der Waals surface area contributed by atoms with Crippen LogP contribution in [-0.2, 0) is 15.6 Å². The van der Waals surface area contributed by atoms with Crippen LogP contribution in [0.25, 0.3) is 11.1 Å². The van der Waals surface area contributed by atoms with Crippen LogP contribution in [0.4, 0.5) is 30.7 Å². The maximum Gasteiger partial charge on any atom is 0.429 e. The molecule has 1 aliphatic heterocycles. The second-order valence-electron chi connectivity index (χ2n) is 8.37. The fourth-order valence-electron chi connectivity index (χ4n) is 3.93. The van der Waals surface area contributed by atoms with Gasteiger partial charge in [0.2, 0.25) is 0 Å². The Morgan fingerprint density at radius 3 is 2.19 bits per heavy atom. The zero-order valence-corrected chi connectivity index (χ0v) is 19.0. The number of rotatable bonds is 7. The van der Waals surface area contributed by atoms with Crippen LogP contribution >= 0.6 is 0 Å². The molecule has 0 bridgehead atoms. The summed E-state index contributed by atoms with van der Waals surface area (Å²) in [6, 6.07) is 6.72. The maximum atomic E-state index is 14.7. The number of halogens is 7. The van der Waals surface area contributed by atoms with E-state index < -0.39 is 52.8 Å². The van der Waals surface area contributed by atoms with E-state index in [1.54, 1.807) is 0 Å². The van der Waals surface area contributed by atoms with E-state index in [0.29, 0.717) is 12.1 Å². The smallest absolute Gasteiger partial charge is 0.429 e. The van der Waals surface area contributed by atoms with Crippen LogP contribution in [0.5, 0.6) is 5.75 Å². The highest BCUT2D eigenvalue weighted by molar-refractivity contribution is 5.65. The lowest BCUT2D eigenvalue weighted by Gasteiger charge is -2.30. The van der Waals surface area contributed by atoms with Gasteiger partial charge in [0.15, 0.2) is 29.6 Å². The largest absolute Gasteiger partial charge is 0.429 e. The average molecular weight is 514 g/mol. The van der Waals surface area contributed by atoms with E-state index in [0.717, 1.165) is 49.2 Å². The Labute approximate surface area is 202 Å². The molecule has 1 saturated heterocycles. The molecule has 1 aliphatic rings. The lowest BCUT2D eigenvalue weighted by molar-refractivity contribution is -0.207. The standard InChI is InChI=1S/C26H21F7O3/c1-2-3-14-12-34-25(35-13-14)18-7-8-19(24(31)23(18)30)26(32,33)36-16-5-6-17(21(28)11-16)15-4-9-20(27)22(29)10-15/h4-11,14,25H,2-3,12-13H2,1H3. The minimum atomic E-state index is -4.38. The Balaban J connectivity index is 1.53. The van der Waals surface area contributed by atoms with Gasteiger partial charge in [0.25, 0.3) is 0 Å². The van der Waals surface area contributed by atoms with E-state index in [1.165, 1.54) is 0 Å². The molecule has 0 unspecified atom stereocenters. The topological polar surface area (TPSA) is 27.7 Å². The molecule has 36 heavy (non-hydrogen) atoms. The SMILES string of the molecule is CCCC1COC(c2ccc(C(F)(F)Oc3ccc(-c4ccc(F)c(F)c4)c(F)c3)c(F)c2F)OC1. The monoisotopic (exact) mass is 514 g/mol. The highest BCUT2D eigenvalue weighted by atomic mass is 19.3. The molecule has 0 spiro atoms. The molecule has 0 N–H and O–H groups in total. The summed E-state index contributed by atoms with van der Waals surface area (Å²) in [6.45, 7) is 2.50. The molecule has 0 radical (unpaired) electrons. The highest BCUT2D eigenvalue weighted by Gasteiger charge is 2.40. The molecule has 3 aromatic rings. The van der Waals surface area contributed by atoms with Gasteiger partial charge in [0.1, 0.15) is 17.1 Å². The zero-order valence-electron chi connectivity index (χ0n) is 19.0. The minimum absolute atomic E-state index is 0.0402.